The Hall–Kier alpha value is -0.770. The Morgan fingerprint density at radius 3 is 2.59 bits per heavy atom. The zero-order valence-corrected chi connectivity index (χ0v) is 17.6. The summed E-state index contributed by atoms with van der Waals surface area (Å²) < 4.78 is 17.4. The van der Waals surface area contributed by atoms with E-state index in [1.807, 2.05) is 0 Å². The van der Waals surface area contributed by atoms with E-state index in [2.05, 4.69) is 48.1 Å². The Morgan fingerprint density at radius 1 is 1.26 bits per heavy atom. The summed E-state index contributed by atoms with van der Waals surface area (Å²) in [5.41, 5.74) is 0. The van der Waals surface area contributed by atoms with Crippen molar-refractivity contribution < 1.29 is 19.0 Å². The standard InChI is InChI=1S/C19H38N4O4/c1-15-13-16(21(2)3)18(19(25-5)27-15)26-12-6-7-20-17(24)14-23-10-8-22(4)9-11-23/h15-16,18-19H,6-14H2,1-5H3,(H,20,24)/t15-,16+,18-,19-/m1/s1. The fourth-order valence-electron chi connectivity index (χ4n) is 3.69. The summed E-state index contributed by atoms with van der Waals surface area (Å²) in [6, 6.07) is 0.255. The fraction of sp³-hybridized carbons (Fsp3) is 0.947. The highest BCUT2D eigenvalue weighted by Crippen LogP contribution is 2.26. The van der Waals surface area contributed by atoms with Gasteiger partial charge in [0.25, 0.3) is 0 Å². The third kappa shape index (κ3) is 7.29. The lowest BCUT2D eigenvalue weighted by Gasteiger charge is -2.42. The second-order valence-corrected chi connectivity index (χ2v) is 7.94. The first-order valence-electron chi connectivity index (χ1n) is 10.0. The molecule has 1 N–H and O–H groups in total. The molecule has 1 amide bonds. The molecule has 0 spiro atoms. The number of ether oxygens (including phenoxy) is 3. The van der Waals surface area contributed by atoms with Crippen LogP contribution in [-0.2, 0) is 19.0 Å². The van der Waals surface area contributed by atoms with Gasteiger partial charge in [-0.3, -0.25) is 9.69 Å². The number of carbonyl (C=O) groups is 1. The third-order valence-corrected chi connectivity index (χ3v) is 5.40. The molecule has 158 valence electrons. The quantitative estimate of drug-likeness (QED) is 0.552. The molecule has 2 rings (SSSR count). The van der Waals surface area contributed by atoms with Crippen molar-refractivity contribution in [3.8, 4) is 0 Å². The number of carbonyl (C=O) groups excluding carboxylic acids is 1. The number of piperazine rings is 1. The molecule has 4 atom stereocenters. The Labute approximate surface area is 164 Å². The van der Waals surface area contributed by atoms with E-state index >= 15 is 0 Å². The largest absolute Gasteiger partial charge is 0.371 e. The molecule has 0 aromatic rings. The molecule has 0 bridgehead atoms. The maximum atomic E-state index is 12.1. The smallest absolute Gasteiger partial charge is 0.234 e. The van der Waals surface area contributed by atoms with E-state index in [9.17, 15) is 4.79 Å². The highest BCUT2D eigenvalue weighted by molar-refractivity contribution is 5.77. The van der Waals surface area contributed by atoms with Crippen molar-refractivity contribution in [2.24, 2.45) is 0 Å². The summed E-state index contributed by atoms with van der Waals surface area (Å²) in [7, 11) is 7.89. The van der Waals surface area contributed by atoms with Crippen molar-refractivity contribution >= 4 is 5.91 Å². The summed E-state index contributed by atoms with van der Waals surface area (Å²) in [5, 5.41) is 3.00. The molecule has 0 saturated carbocycles. The second-order valence-electron chi connectivity index (χ2n) is 7.94. The van der Waals surface area contributed by atoms with E-state index in [0.717, 1.165) is 39.0 Å². The lowest BCUT2D eigenvalue weighted by molar-refractivity contribution is -0.254. The number of likely N-dealkylation sites (N-methyl/N-ethyl adjacent to an activating group) is 2. The van der Waals surface area contributed by atoms with Crippen LogP contribution in [-0.4, -0.2) is 119 Å². The SMILES string of the molecule is CO[C@@H]1O[C@H](C)C[C@H](N(C)C)[C@H]1OCCCNC(=O)CN1CCN(C)CC1. The van der Waals surface area contributed by atoms with Gasteiger partial charge in [0.05, 0.1) is 12.6 Å². The number of nitrogens with one attached hydrogen (secondary N) is 1. The molecule has 2 saturated heterocycles. The van der Waals surface area contributed by atoms with Crippen molar-refractivity contribution in [2.75, 3.05) is 74.1 Å². The predicted octanol–water partition coefficient (Wildman–Crippen LogP) is -0.163. The van der Waals surface area contributed by atoms with Crippen LogP contribution < -0.4 is 5.32 Å². The van der Waals surface area contributed by atoms with Gasteiger partial charge in [0.2, 0.25) is 5.91 Å². The van der Waals surface area contributed by atoms with Gasteiger partial charge in [-0.2, -0.15) is 0 Å². The Morgan fingerprint density at radius 2 is 1.96 bits per heavy atom. The number of rotatable bonds is 9. The van der Waals surface area contributed by atoms with Gasteiger partial charge >= 0.3 is 0 Å². The minimum atomic E-state index is -0.354. The van der Waals surface area contributed by atoms with Crippen LogP contribution in [0.1, 0.15) is 19.8 Å². The lowest BCUT2D eigenvalue weighted by Crippen LogP contribution is -2.55. The second kappa shape index (κ2) is 11.3. The molecule has 2 fully saturated rings. The van der Waals surface area contributed by atoms with Crippen molar-refractivity contribution in [2.45, 2.75) is 44.3 Å². The van der Waals surface area contributed by atoms with E-state index in [4.69, 9.17) is 14.2 Å². The molecule has 27 heavy (non-hydrogen) atoms. The van der Waals surface area contributed by atoms with Gasteiger partial charge in [0.1, 0.15) is 6.10 Å². The Balaban J connectivity index is 1.65. The van der Waals surface area contributed by atoms with Gasteiger partial charge in [0.15, 0.2) is 6.29 Å². The van der Waals surface area contributed by atoms with E-state index in [-0.39, 0.29) is 30.4 Å². The molecule has 0 aliphatic carbocycles. The molecule has 2 aliphatic rings. The molecule has 8 heteroatoms. The van der Waals surface area contributed by atoms with Crippen molar-refractivity contribution in [1.29, 1.82) is 0 Å². The summed E-state index contributed by atoms with van der Waals surface area (Å²) in [4.78, 5) is 18.7. The molecule has 0 radical (unpaired) electrons. The molecule has 2 heterocycles. The maximum Gasteiger partial charge on any atom is 0.234 e. The Bertz CT molecular complexity index is 443. The van der Waals surface area contributed by atoms with Crippen LogP contribution in [0, 0.1) is 0 Å². The van der Waals surface area contributed by atoms with Crippen LogP contribution in [0.5, 0.6) is 0 Å². The minimum absolute atomic E-state index is 0.0929. The fourth-order valence-corrected chi connectivity index (χ4v) is 3.69. The zero-order chi connectivity index (χ0) is 19.8. The summed E-state index contributed by atoms with van der Waals surface area (Å²) in [5.74, 6) is 0.0929. The van der Waals surface area contributed by atoms with Crippen molar-refractivity contribution in [1.82, 2.24) is 20.0 Å². The van der Waals surface area contributed by atoms with Crippen molar-refractivity contribution in [3.63, 3.8) is 0 Å². The molecule has 0 aromatic heterocycles. The zero-order valence-electron chi connectivity index (χ0n) is 17.6. The van der Waals surface area contributed by atoms with Gasteiger partial charge in [-0.15, -0.1) is 0 Å². The van der Waals surface area contributed by atoms with E-state index in [0.29, 0.717) is 19.7 Å². The topological polar surface area (TPSA) is 66.5 Å². The highest BCUT2D eigenvalue weighted by atomic mass is 16.7. The third-order valence-electron chi connectivity index (χ3n) is 5.40. The summed E-state index contributed by atoms with van der Waals surface area (Å²) >= 11 is 0. The number of hydrogen-bond donors (Lipinski definition) is 1. The van der Waals surface area contributed by atoms with Crippen LogP contribution in [0.2, 0.25) is 0 Å². The molecule has 8 nitrogen and oxygen atoms in total. The number of hydrogen-bond acceptors (Lipinski definition) is 7. The number of amides is 1. The van der Waals surface area contributed by atoms with Gasteiger partial charge in [-0.05, 0) is 40.9 Å². The first kappa shape index (κ1) is 22.5. The van der Waals surface area contributed by atoms with Gasteiger partial charge in [-0.25, -0.2) is 0 Å². The first-order chi connectivity index (χ1) is 12.9. The lowest BCUT2D eigenvalue weighted by atomic mass is 9.99. The average molecular weight is 387 g/mol. The monoisotopic (exact) mass is 386 g/mol. The van der Waals surface area contributed by atoms with Gasteiger partial charge < -0.3 is 29.3 Å². The van der Waals surface area contributed by atoms with Crippen molar-refractivity contribution in [3.05, 3.63) is 0 Å². The summed E-state index contributed by atoms with van der Waals surface area (Å²) in [6.07, 6.45) is 1.36. The predicted molar refractivity (Wildman–Crippen MR) is 105 cm³/mol. The van der Waals surface area contributed by atoms with E-state index in [1.165, 1.54) is 0 Å². The minimum Gasteiger partial charge on any atom is -0.371 e. The highest BCUT2D eigenvalue weighted by Gasteiger charge is 2.39. The van der Waals surface area contributed by atoms with Crippen LogP contribution in [0.15, 0.2) is 0 Å². The van der Waals surface area contributed by atoms with Crippen LogP contribution in [0.25, 0.3) is 0 Å². The molecule has 0 aromatic carbocycles. The molecular formula is C19H38N4O4. The van der Waals surface area contributed by atoms with Gasteiger partial charge in [-0.1, -0.05) is 0 Å². The number of nitrogens with zero attached hydrogens (tertiary/aromatic N) is 3. The summed E-state index contributed by atoms with van der Waals surface area (Å²) in [6.45, 7) is 7.71. The first-order valence-corrected chi connectivity index (χ1v) is 10.0. The maximum absolute atomic E-state index is 12.1. The van der Waals surface area contributed by atoms with Crippen LogP contribution in [0.4, 0.5) is 0 Å². The molecule has 0 unspecified atom stereocenters. The number of methoxy groups -OCH3 is 1. The Kier molecular flexibility index (Phi) is 9.41. The van der Waals surface area contributed by atoms with E-state index in [1.54, 1.807) is 7.11 Å². The van der Waals surface area contributed by atoms with Crippen LogP contribution in [0.3, 0.4) is 0 Å². The molecule has 2 aliphatic heterocycles. The average Bonchev–Trinajstić information content (AvgIpc) is 2.63. The van der Waals surface area contributed by atoms with E-state index < -0.39 is 0 Å². The normalized spacial score (nSPS) is 30.6. The molecular weight excluding hydrogens is 348 g/mol. The van der Waals surface area contributed by atoms with Gasteiger partial charge in [0, 0.05) is 52.5 Å². The van der Waals surface area contributed by atoms with Crippen LogP contribution >= 0.6 is 0 Å².